The second-order valence-corrected chi connectivity index (χ2v) is 6.61. The first-order valence-electron chi connectivity index (χ1n) is 7.53. The molecular formula is C18H16ClN3OS. The van der Waals surface area contributed by atoms with Crippen LogP contribution in [0.5, 0.6) is 0 Å². The average Bonchev–Trinajstić information content (AvgIpc) is 3.04. The first-order valence-corrected chi connectivity index (χ1v) is 8.79. The van der Waals surface area contributed by atoms with Gasteiger partial charge < -0.3 is 5.32 Å². The normalized spacial score (nSPS) is 11.9. The highest BCUT2D eigenvalue weighted by Gasteiger charge is 2.14. The van der Waals surface area contributed by atoms with Gasteiger partial charge in [0, 0.05) is 16.6 Å². The summed E-state index contributed by atoms with van der Waals surface area (Å²) in [7, 11) is 0. The van der Waals surface area contributed by atoms with Crippen LogP contribution in [-0.4, -0.2) is 15.9 Å². The van der Waals surface area contributed by atoms with Crippen LogP contribution in [0, 0.1) is 0 Å². The van der Waals surface area contributed by atoms with Crippen molar-refractivity contribution in [3.05, 3.63) is 70.3 Å². The van der Waals surface area contributed by atoms with Crippen LogP contribution in [0.3, 0.4) is 0 Å². The predicted molar refractivity (Wildman–Crippen MR) is 97.1 cm³/mol. The first-order chi connectivity index (χ1) is 11.6. The van der Waals surface area contributed by atoms with Gasteiger partial charge in [0.05, 0.1) is 23.9 Å². The molecule has 3 aromatic rings. The zero-order valence-electron chi connectivity index (χ0n) is 13.1. The first kappa shape index (κ1) is 16.6. The second-order valence-electron chi connectivity index (χ2n) is 5.35. The summed E-state index contributed by atoms with van der Waals surface area (Å²) in [4.78, 5) is 21.0. The Morgan fingerprint density at radius 2 is 2.04 bits per heavy atom. The van der Waals surface area contributed by atoms with E-state index in [1.165, 1.54) is 11.3 Å². The van der Waals surface area contributed by atoms with E-state index in [0.29, 0.717) is 5.02 Å². The Morgan fingerprint density at radius 1 is 1.25 bits per heavy atom. The smallest absolute Gasteiger partial charge is 0.226 e. The van der Waals surface area contributed by atoms with Gasteiger partial charge in [-0.2, -0.15) is 0 Å². The molecule has 3 rings (SSSR count). The molecule has 0 fully saturated rings. The van der Waals surface area contributed by atoms with Crippen LogP contribution >= 0.6 is 22.9 Å². The average molecular weight is 358 g/mol. The number of nitrogens with zero attached hydrogens (tertiary/aromatic N) is 2. The fraction of sp³-hybridized carbons (Fsp3) is 0.167. The highest BCUT2D eigenvalue weighted by molar-refractivity contribution is 7.13. The molecule has 0 radical (unpaired) electrons. The summed E-state index contributed by atoms with van der Waals surface area (Å²) in [6.07, 6.45) is 1.96. The number of halogens is 1. The zero-order chi connectivity index (χ0) is 16.9. The number of nitrogens with one attached hydrogen (secondary N) is 1. The van der Waals surface area contributed by atoms with Crippen molar-refractivity contribution in [3.8, 4) is 10.7 Å². The van der Waals surface area contributed by atoms with Crippen LogP contribution in [0.2, 0.25) is 5.02 Å². The molecule has 0 saturated heterocycles. The lowest BCUT2D eigenvalue weighted by Gasteiger charge is -2.15. The molecule has 0 spiro atoms. The number of amides is 1. The van der Waals surface area contributed by atoms with Crippen molar-refractivity contribution in [2.75, 3.05) is 0 Å². The van der Waals surface area contributed by atoms with Crippen molar-refractivity contribution >= 4 is 28.8 Å². The van der Waals surface area contributed by atoms with Gasteiger partial charge in [-0.3, -0.25) is 9.78 Å². The minimum Gasteiger partial charge on any atom is -0.349 e. The number of carbonyl (C=O) groups excluding carboxylic acids is 1. The summed E-state index contributed by atoms with van der Waals surface area (Å²) in [6, 6.07) is 13.0. The molecule has 4 nitrogen and oxygen atoms in total. The molecule has 1 unspecified atom stereocenters. The SMILES string of the molecule is CC(NC(=O)Cc1csc(-c2ccccn2)n1)c1ccccc1Cl. The van der Waals surface area contributed by atoms with Gasteiger partial charge in [0.15, 0.2) is 0 Å². The largest absolute Gasteiger partial charge is 0.349 e. The van der Waals surface area contributed by atoms with Crippen molar-refractivity contribution in [1.29, 1.82) is 0 Å². The van der Waals surface area contributed by atoms with Gasteiger partial charge >= 0.3 is 0 Å². The Hall–Kier alpha value is -2.24. The topological polar surface area (TPSA) is 54.9 Å². The Morgan fingerprint density at radius 3 is 2.79 bits per heavy atom. The summed E-state index contributed by atoms with van der Waals surface area (Å²) < 4.78 is 0. The third-order valence-corrected chi connectivity index (χ3v) is 4.78. The molecular weight excluding hydrogens is 342 g/mol. The Labute approximate surface area is 149 Å². The number of thiazole rings is 1. The van der Waals surface area contributed by atoms with Crippen LogP contribution in [-0.2, 0) is 11.2 Å². The van der Waals surface area contributed by atoms with Crippen LogP contribution < -0.4 is 5.32 Å². The number of benzene rings is 1. The third-order valence-electron chi connectivity index (χ3n) is 3.53. The standard InChI is InChI=1S/C18H16ClN3OS/c1-12(14-6-2-3-7-15(14)19)21-17(23)10-13-11-24-18(22-13)16-8-4-5-9-20-16/h2-9,11-12H,10H2,1H3,(H,21,23). The van der Waals surface area contributed by atoms with Crippen molar-refractivity contribution in [1.82, 2.24) is 15.3 Å². The molecule has 0 saturated carbocycles. The summed E-state index contributed by atoms with van der Waals surface area (Å²) in [5.41, 5.74) is 2.46. The van der Waals surface area contributed by atoms with Gasteiger partial charge in [-0.15, -0.1) is 11.3 Å². The molecule has 1 atom stereocenters. The van der Waals surface area contributed by atoms with Crippen LogP contribution in [0.4, 0.5) is 0 Å². The predicted octanol–water partition coefficient (Wildman–Crippen LogP) is 4.28. The van der Waals surface area contributed by atoms with Gasteiger partial charge in [-0.05, 0) is 30.7 Å². The Bertz CT molecular complexity index is 835. The monoisotopic (exact) mass is 357 g/mol. The molecule has 0 aliphatic rings. The van der Waals surface area contributed by atoms with Crippen molar-refractivity contribution < 1.29 is 4.79 Å². The molecule has 0 aliphatic carbocycles. The number of rotatable bonds is 5. The maximum absolute atomic E-state index is 12.2. The Kier molecular flexibility index (Phi) is 5.23. The van der Waals surface area contributed by atoms with E-state index in [2.05, 4.69) is 15.3 Å². The van der Waals surface area contributed by atoms with E-state index in [1.54, 1.807) is 6.20 Å². The van der Waals surface area contributed by atoms with E-state index in [-0.39, 0.29) is 18.4 Å². The maximum atomic E-state index is 12.2. The van der Waals surface area contributed by atoms with Crippen LogP contribution in [0.15, 0.2) is 54.0 Å². The van der Waals surface area contributed by atoms with Gasteiger partial charge in [0.25, 0.3) is 0 Å². The highest BCUT2D eigenvalue weighted by atomic mass is 35.5. The quantitative estimate of drug-likeness (QED) is 0.741. The summed E-state index contributed by atoms with van der Waals surface area (Å²) in [5, 5.41) is 6.32. The summed E-state index contributed by atoms with van der Waals surface area (Å²) in [5.74, 6) is -0.0831. The van der Waals surface area contributed by atoms with Gasteiger partial charge in [-0.1, -0.05) is 35.9 Å². The number of aromatic nitrogens is 2. The van der Waals surface area contributed by atoms with E-state index in [4.69, 9.17) is 11.6 Å². The Balaban J connectivity index is 1.63. The van der Waals surface area contributed by atoms with Gasteiger partial charge in [0.1, 0.15) is 5.01 Å². The molecule has 6 heteroatoms. The van der Waals surface area contributed by atoms with E-state index in [9.17, 15) is 4.79 Å². The number of pyridine rings is 1. The number of carbonyl (C=O) groups is 1. The molecule has 24 heavy (non-hydrogen) atoms. The number of hydrogen-bond acceptors (Lipinski definition) is 4. The third kappa shape index (κ3) is 3.99. The molecule has 1 aromatic carbocycles. The van der Waals surface area contributed by atoms with E-state index in [1.807, 2.05) is 54.8 Å². The lowest BCUT2D eigenvalue weighted by molar-refractivity contribution is -0.121. The lowest BCUT2D eigenvalue weighted by Crippen LogP contribution is -2.28. The second kappa shape index (κ2) is 7.55. The van der Waals surface area contributed by atoms with Crippen molar-refractivity contribution in [3.63, 3.8) is 0 Å². The van der Waals surface area contributed by atoms with E-state index in [0.717, 1.165) is 22.0 Å². The minimum absolute atomic E-state index is 0.0831. The van der Waals surface area contributed by atoms with Gasteiger partial charge in [-0.25, -0.2) is 4.98 Å². The molecule has 1 amide bonds. The fourth-order valence-electron chi connectivity index (χ4n) is 2.36. The van der Waals surface area contributed by atoms with Crippen molar-refractivity contribution in [2.24, 2.45) is 0 Å². The lowest BCUT2D eigenvalue weighted by atomic mass is 10.1. The molecule has 0 bridgehead atoms. The molecule has 0 aliphatic heterocycles. The fourth-order valence-corrected chi connectivity index (χ4v) is 3.45. The summed E-state index contributed by atoms with van der Waals surface area (Å²) in [6.45, 7) is 1.92. The molecule has 2 heterocycles. The maximum Gasteiger partial charge on any atom is 0.226 e. The molecule has 2 aromatic heterocycles. The minimum atomic E-state index is -0.153. The van der Waals surface area contributed by atoms with Gasteiger partial charge in [0.2, 0.25) is 5.91 Å². The van der Waals surface area contributed by atoms with Crippen molar-refractivity contribution in [2.45, 2.75) is 19.4 Å². The summed E-state index contributed by atoms with van der Waals surface area (Å²) >= 11 is 7.65. The van der Waals surface area contributed by atoms with Crippen LogP contribution in [0.1, 0.15) is 24.2 Å². The zero-order valence-corrected chi connectivity index (χ0v) is 14.6. The van der Waals surface area contributed by atoms with E-state index >= 15 is 0 Å². The molecule has 1 N–H and O–H groups in total. The van der Waals surface area contributed by atoms with Crippen LogP contribution in [0.25, 0.3) is 10.7 Å². The highest BCUT2D eigenvalue weighted by Crippen LogP contribution is 2.23. The molecule has 122 valence electrons. The number of hydrogen-bond donors (Lipinski definition) is 1. The van der Waals surface area contributed by atoms with E-state index < -0.39 is 0 Å².